The largest absolute Gasteiger partial charge is 0.397 e. The number of hydrogen-bond acceptors (Lipinski definition) is 3. The zero-order valence-electron chi connectivity index (χ0n) is 8.50. The highest BCUT2D eigenvalue weighted by Crippen LogP contribution is 2.21. The first kappa shape index (κ1) is 11.0. The predicted molar refractivity (Wildman–Crippen MR) is 71.0 cm³/mol. The monoisotopic (exact) mass is 318 g/mol. The van der Waals surface area contributed by atoms with Gasteiger partial charge in [0.05, 0.1) is 17.5 Å². The van der Waals surface area contributed by atoms with Gasteiger partial charge in [-0.2, -0.15) is 0 Å². The number of nitrogens with one attached hydrogen (secondary N) is 1. The zero-order valence-corrected chi connectivity index (χ0v) is 10.7. The molecule has 0 saturated carbocycles. The molecule has 1 fully saturated rings. The lowest BCUT2D eigenvalue weighted by atomic mass is 10.2. The summed E-state index contributed by atoms with van der Waals surface area (Å²) < 4.78 is 6.69. The Hall–Kier alpha value is -0.490. The van der Waals surface area contributed by atoms with Gasteiger partial charge in [0.1, 0.15) is 0 Å². The first-order valence-corrected chi connectivity index (χ1v) is 6.24. The molecule has 1 saturated heterocycles. The summed E-state index contributed by atoms with van der Waals surface area (Å²) >= 11 is 2.26. The summed E-state index contributed by atoms with van der Waals surface area (Å²) in [5.41, 5.74) is 7.71. The van der Waals surface area contributed by atoms with Gasteiger partial charge in [-0.25, -0.2) is 0 Å². The van der Waals surface area contributed by atoms with Gasteiger partial charge in [-0.1, -0.05) is 0 Å². The molecule has 0 radical (unpaired) electrons. The van der Waals surface area contributed by atoms with Crippen molar-refractivity contribution in [2.24, 2.45) is 0 Å². The van der Waals surface area contributed by atoms with Gasteiger partial charge >= 0.3 is 0 Å². The first-order valence-electron chi connectivity index (χ1n) is 5.16. The van der Waals surface area contributed by atoms with E-state index in [0.717, 1.165) is 34.5 Å². The molecule has 82 valence electrons. The van der Waals surface area contributed by atoms with Gasteiger partial charge in [-0.3, -0.25) is 0 Å². The third-order valence-electron chi connectivity index (χ3n) is 2.56. The minimum Gasteiger partial charge on any atom is -0.397 e. The summed E-state index contributed by atoms with van der Waals surface area (Å²) in [4.78, 5) is 0. The van der Waals surface area contributed by atoms with Gasteiger partial charge in [-0.15, -0.1) is 0 Å². The number of halogens is 1. The molecule has 1 aromatic rings. The van der Waals surface area contributed by atoms with Crippen molar-refractivity contribution in [1.82, 2.24) is 0 Å². The fourth-order valence-electron chi connectivity index (χ4n) is 1.72. The van der Waals surface area contributed by atoms with Crippen LogP contribution in [-0.4, -0.2) is 19.3 Å². The number of ether oxygens (including phenoxy) is 1. The van der Waals surface area contributed by atoms with Crippen LogP contribution in [0.15, 0.2) is 18.2 Å². The molecule has 1 heterocycles. The van der Waals surface area contributed by atoms with Crippen LogP contribution in [0.5, 0.6) is 0 Å². The van der Waals surface area contributed by atoms with E-state index in [0.29, 0.717) is 6.10 Å². The molecule has 1 aromatic carbocycles. The van der Waals surface area contributed by atoms with E-state index in [9.17, 15) is 0 Å². The van der Waals surface area contributed by atoms with Gasteiger partial charge in [0, 0.05) is 16.7 Å². The summed E-state index contributed by atoms with van der Waals surface area (Å²) in [5.74, 6) is 0. The van der Waals surface area contributed by atoms with Crippen LogP contribution in [0.4, 0.5) is 11.4 Å². The van der Waals surface area contributed by atoms with Gasteiger partial charge in [0.15, 0.2) is 0 Å². The van der Waals surface area contributed by atoms with Crippen molar-refractivity contribution >= 4 is 34.0 Å². The lowest BCUT2D eigenvalue weighted by molar-refractivity contribution is 0.120. The van der Waals surface area contributed by atoms with E-state index in [1.165, 1.54) is 6.42 Å². The minimum absolute atomic E-state index is 0.351. The van der Waals surface area contributed by atoms with Crippen molar-refractivity contribution < 1.29 is 4.74 Å². The molecule has 3 nitrogen and oxygen atoms in total. The van der Waals surface area contributed by atoms with Gasteiger partial charge in [0.2, 0.25) is 0 Å². The van der Waals surface area contributed by atoms with Crippen molar-refractivity contribution in [3.63, 3.8) is 0 Å². The van der Waals surface area contributed by atoms with Crippen LogP contribution in [0, 0.1) is 3.57 Å². The Balaban J connectivity index is 1.92. The minimum atomic E-state index is 0.351. The highest BCUT2D eigenvalue weighted by Gasteiger charge is 2.15. The Labute approximate surface area is 104 Å². The first-order chi connectivity index (χ1) is 7.25. The molecular formula is C11H15IN2O. The molecule has 1 aliphatic heterocycles. The molecule has 0 aliphatic carbocycles. The number of anilines is 2. The second-order valence-electron chi connectivity index (χ2n) is 3.75. The third-order valence-corrected chi connectivity index (χ3v) is 3.23. The molecule has 3 N–H and O–H groups in total. The van der Waals surface area contributed by atoms with Crippen LogP contribution < -0.4 is 11.1 Å². The van der Waals surface area contributed by atoms with Crippen LogP contribution in [-0.2, 0) is 4.74 Å². The average Bonchev–Trinajstić information content (AvgIpc) is 2.69. The summed E-state index contributed by atoms with van der Waals surface area (Å²) in [5, 5.41) is 3.33. The van der Waals surface area contributed by atoms with E-state index in [2.05, 4.69) is 34.0 Å². The number of nitrogens with two attached hydrogens (primary N) is 1. The number of benzene rings is 1. The summed E-state index contributed by atoms with van der Waals surface area (Å²) in [6, 6.07) is 6.04. The smallest absolute Gasteiger partial charge is 0.0748 e. The SMILES string of the molecule is Nc1cc(I)ccc1NCC1CCCO1. The van der Waals surface area contributed by atoms with Gasteiger partial charge in [0.25, 0.3) is 0 Å². The van der Waals surface area contributed by atoms with Crippen LogP contribution >= 0.6 is 22.6 Å². The van der Waals surface area contributed by atoms with Crippen LogP contribution in [0.2, 0.25) is 0 Å². The maximum atomic E-state index is 5.90. The van der Waals surface area contributed by atoms with E-state index in [4.69, 9.17) is 10.5 Å². The molecular weight excluding hydrogens is 303 g/mol. The topological polar surface area (TPSA) is 47.3 Å². The normalized spacial score (nSPS) is 20.5. The van der Waals surface area contributed by atoms with E-state index in [1.54, 1.807) is 0 Å². The molecule has 4 heteroatoms. The van der Waals surface area contributed by atoms with Crippen molar-refractivity contribution in [2.45, 2.75) is 18.9 Å². The summed E-state index contributed by atoms with van der Waals surface area (Å²) in [6.45, 7) is 1.75. The standard InChI is InChI=1S/C11H15IN2O/c12-8-3-4-11(10(13)6-8)14-7-9-2-1-5-15-9/h3-4,6,9,14H,1-2,5,7,13H2. The molecule has 0 spiro atoms. The quantitative estimate of drug-likeness (QED) is 0.665. The molecule has 0 bridgehead atoms. The van der Waals surface area contributed by atoms with E-state index in [-0.39, 0.29) is 0 Å². The maximum Gasteiger partial charge on any atom is 0.0748 e. The zero-order chi connectivity index (χ0) is 10.7. The highest BCUT2D eigenvalue weighted by atomic mass is 127. The predicted octanol–water partition coefficient (Wildman–Crippen LogP) is 2.46. The Morgan fingerprint density at radius 1 is 1.53 bits per heavy atom. The lowest BCUT2D eigenvalue weighted by Crippen LogP contribution is -2.18. The second kappa shape index (κ2) is 5.03. The highest BCUT2D eigenvalue weighted by molar-refractivity contribution is 14.1. The number of nitrogen functional groups attached to an aromatic ring is 1. The average molecular weight is 318 g/mol. The molecule has 2 rings (SSSR count). The lowest BCUT2D eigenvalue weighted by Gasteiger charge is -2.13. The Morgan fingerprint density at radius 3 is 3.07 bits per heavy atom. The molecule has 1 aliphatic rings. The van der Waals surface area contributed by atoms with Crippen molar-refractivity contribution in [2.75, 3.05) is 24.2 Å². The molecule has 1 unspecified atom stereocenters. The molecule has 15 heavy (non-hydrogen) atoms. The van der Waals surface area contributed by atoms with E-state index in [1.807, 2.05) is 12.1 Å². The molecule has 1 atom stereocenters. The third kappa shape index (κ3) is 2.98. The Bertz CT molecular complexity index is 337. The van der Waals surface area contributed by atoms with Crippen LogP contribution in [0.25, 0.3) is 0 Å². The molecule has 0 amide bonds. The van der Waals surface area contributed by atoms with Gasteiger partial charge in [-0.05, 0) is 53.6 Å². The summed E-state index contributed by atoms with van der Waals surface area (Å²) in [6.07, 6.45) is 2.68. The van der Waals surface area contributed by atoms with Gasteiger partial charge < -0.3 is 15.8 Å². The van der Waals surface area contributed by atoms with Crippen molar-refractivity contribution in [1.29, 1.82) is 0 Å². The molecule has 0 aromatic heterocycles. The Morgan fingerprint density at radius 2 is 2.40 bits per heavy atom. The van der Waals surface area contributed by atoms with Crippen LogP contribution in [0.1, 0.15) is 12.8 Å². The maximum absolute atomic E-state index is 5.90. The number of rotatable bonds is 3. The van der Waals surface area contributed by atoms with E-state index >= 15 is 0 Å². The van der Waals surface area contributed by atoms with E-state index < -0.39 is 0 Å². The fraction of sp³-hybridized carbons (Fsp3) is 0.455. The summed E-state index contributed by atoms with van der Waals surface area (Å²) in [7, 11) is 0. The van der Waals surface area contributed by atoms with Crippen LogP contribution in [0.3, 0.4) is 0 Å². The fourth-order valence-corrected chi connectivity index (χ4v) is 2.24. The number of hydrogen-bond donors (Lipinski definition) is 2. The second-order valence-corrected chi connectivity index (χ2v) is 4.99. The Kier molecular flexibility index (Phi) is 3.69. The van der Waals surface area contributed by atoms with Crippen molar-refractivity contribution in [3.8, 4) is 0 Å². The van der Waals surface area contributed by atoms with Crippen molar-refractivity contribution in [3.05, 3.63) is 21.8 Å².